The van der Waals surface area contributed by atoms with Crippen LogP contribution in [0.4, 0.5) is 0 Å². The molecule has 8 aromatic rings. The molecule has 0 fully saturated rings. The van der Waals surface area contributed by atoms with Crippen LogP contribution in [-0.4, -0.2) is 4.57 Å². The highest BCUT2D eigenvalue weighted by Crippen LogP contribution is 2.50. The molecule has 1 nitrogen and oxygen atoms in total. The summed E-state index contributed by atoms with van der Waals surface area (Å²) >= 11 is 1.88. The Balaban J connectivity index is 1.35. The van der Waals surface area contributed by atoms with Crippen molar-refractivity contribution in [2.75, 3.05) is 0 Å². The summed E-state index contributed by atoms with van der Waals surface area (Å²) in [6.07, 6.45) is 0. The topological polar surface area (TPSA) is 4.93 Å². The minimum Gasteiger partial charge on any atom is -0.309 e. The summed E-state index contributed by atoms with van der Waals surface area (Å²) in [5.41, 5.74) is 8.89. The van der Waals surface area contributed by atoms with Gasteiger partial charge in [0, 0.05) is 31.6 Å². The van der Waals surface area contributed by atoms with Crippen LogP contribution in [0.2, 0.25) is 0 Å². The predicted octanol–water partition coefficient (Wildman–Crippen LogP) is 10.9. The molecule has 0 saturated carbocycles. The van der Waals surface area contributed by atoms with Crippen molar-refractivity contribution in [1.82, 2.24) is 4.57 Å². The lowest BCUT2D eigenvalue weighted by molar-refractivity contribution is 1.18. The molecule has 186 valence electrons. The molecule has 0 bridgehead atoms. The first-order valence-electron chi connectivity index (χ1n) is 13.7. The maximum absolute atomic E-state index is 2.42. The highest BCUT2D eigenvalue weighted by Gasteiger charge is 2.21. The van der Waals surface area contributed by atoms with Gasteiger partial charge in [-0.15, -0.1) is 0 Å². The van der Waals surface area contributed by atoms with E-state index < -0.39 is 0 Å². The van der Waals surface area contributed by atoms with Gasteiger partial charge in [-0.2, -0.15) is 0 Å². The van der Waals surface area contributed by atoms with Gasteiger partial charge in [0.25, 0.3) is 0 Å². The fourth-order valence-electron chi connectivity index (χ4n) is 6.65. The molecule has 0 N–H and O–H groups in total. The molecule has 0 radical (unpaired) electrons. The molecule has 0 amide bonds. The van der Waals surface area contributed by atoms with Crippen LogP contribution >= 0.6 is 11.8 Å². The third-order valence-electron chi connectivity index (χ3n) is 8.38. The lowest BCUT2D eigenvalue weighted by atomic mass is 9.90. The molecule has 0 aliphatic carbocycles. The maximum atomic E-state index is 2.42. The Kier molecular flexibility index (Phi) is 4.61. The second-order valence-electron chi connectivity index (χ2n) is 10.5. The van der Waals surface area contributed by atoms with Gasteiger partial charge in [-0.05, 0) is 80.9 Å². The summed E-state index contributed by atoms with van der Waals surface area (Å²) in [6.45, 7) is 0. The molecule has 0 unspecified atom stereocenters. The zero-order valence-corrected chi connectivity index (χ0v) is 22.5. The number of benzene rings is 7. The lowest BCUT2D eigenvalue weighted by Gasteiger charge is -2.22. The van der Waals surface area contributed by atoms with Crippen LogP contribution in [0, 0.1) is 0 Å². The Bertz CT molecular complexity index is 2290. The van der Waals surface area contributed by atoms with Crippen molar-refractivity contribution in [3.05, 3.63) is 140 Å². The largest absolute Gasteiger partial charge is 0.309 e. The average Bonchev–Trinajstić information content (AvgIpc) is 3.34. The van der Waals surface area contributed by atoms with Crippen molar-refractivity contribution >= 4 is 55.1 Å². The summed E-state index contributed by atoms with van der Waals surface area (Å²) in [6, 6.07) is 51.2. The molecule has 0 atom stereocenters. The fourth-order valence-corrected chi connectivity index (χ4v) is 7.78. The van der Waals surface area contributed by atoms with E-state index in [9.17, 15) is 0 Å². The number of aromatic nitrogens is 1. The van der Waals surface area contributed by atoms with Gasteiger partial charge in [-0.25, -0.2) is 0 Å². The zero-order chi connectivity index (χ0) is 26.2. The summed E-state index contributed by atoms with van der Waals surface area (Å²) in [7, 11) is 0. The maximum Gasteiger partial charge on any atom is 0.0547 e. The van der Waals surface area contributed by atoms with E-state index >= 15 is 0 Å². The summed E-state index contributed by atoms with van der Waals surface area (Å²) in [5.74, 6) is 0. The number of hydrogen-bond acceptors (Lipinski definition) is 1. The van der Waals surface area contributed by atoms with E-state index in [1.807, 2.05) is 11.8 Å². The van der Waals surface area contributed by atoms with Gasteiger partial charge in [0.2, 0.25) is 0 Å². The molecule has 1 aliphatic heterocycles. The highest BCUT2D eigenvalue weighted by atomic mass is 32.2. The standard InChI is InChI=1S/C38H23NS/c1-2-11-25(12-3-1)39-34-18-6-4-13-28(34)33-23-32-24(22-35(33)39)10-8-15-26(32)27-20-21-37-38-30(27)16-9-17-31(38)29-14-5-7-19-36(29)40-37/h1-23H. The molecule has 2 heterocycles. The number of hydrogen-bond donors (Lipinski definition) is 0. The van der Waals surface area contributed by atoms with Gasteiger partial charge in [0.15, 0.2) is 0 Å². The second kappa shape index (κ2) is 8.35. The molecule has 9 rings (SSSR count). The molecule has 0 spiro atoms. The Morgan fingerprint density at radius 1 is 0.400 bits per heavy atom. The van der Waals surface area contributed by atoms with Crippen LogP contribution in [0.15, 0.2) is 149 Å². The molecule has 1 aromatic heterocycles. The van der Waals surface area contributed by atoms with Crippen LogP contribution in [0.1, 0.15) is 0 Å². The molecular weight excluding hydrogens is 502 g/mol. The van der Waals surface area contributed by atoms with Crippen molar-refractivity contribution in [2.45, 2.75) is 9.79 Å². The molecule has 0 saturated heterocycles. The second-order valence-corrected chi connectivity index (χ2v) is 11.6. The first kappa shape index (κ1) is 22.1. The highest BCUT2D eigenvalue weighted by molar-refractivity contribution is 7.99. The van der Waals surface area contributed by atoms with E-state index in [4.69, 9.17) is 0 Å². The van der Waals surface area contributed by atoms with Crippen molar-refractivity contribution in [3.8, 4) is 27.9 Å². The van der Waals surface area contributed by atoms with Crippen LogP contribution in [0.3, 0.4) is 0 Å². The smallest absolute Gasteiger partial charge is 0.0547 e. The quantitative estimate of drug-likeness (QED) is 0.217. The summed E-state index contributed by atoms with van der Waals surface area (Å²) in [4.78, 5) is 2.67. The minimum atomic E-state index is 1.19. The Morgan fingerprint density at radius 2 is 1.12 bits per heavy atom. The fraction of sp³-hybridized carbons (Fsp3) is 0. The van der Waals surface area contributed by atoms with E-state index in [2.05, 4.69) is 144 Å². The SMILES string of the molecule is c1ccc(-n2c3ccccc3c3cc4c(-c5ccc6c7c(cccc57)-c5ccccc5S6)cccc4cc32)cc1. The van der Waals surface area contributed by atoms with Crippen LogP contribution in [0.5, 0.6) is 0 Å². The van der Waals surface area contributed by atoms with Crippen molar-refractivity contribution in [3.63, 3.8) is 0 Å². The third kappa shape index (κ3) is 3.05. The van der Waals surface area contributed by atoms with Crippen LogP contribution < -0.4 is 0 Å². The lowest BCUT2D eigenvalue weighted by Crippen LogP contribution is -1.94. The van der Waals surface area contributed by atoms with Gasteiger partial charge >= 0.3 is 0 Å². The Labute approximate surface area is 236 Å². The van der Waals surface area contributed by atoms with E-state index in [-0.39, 0.29) is 0 Å². The normalized spacial score (nSPS) is 12.4. The van der Waals surface area contributed by atoms with Gasteiger partial charge in [-0.1, -0.05) is 109 Å². The summed E-state index contributed by atoms with van der Waals surface area (Å²) in [5, 5.41) is 7.79. The van der Waals surface area contributed by atoms with E-state index in [0.717, 1.165) is 0 Å². The molecule has 40 heavy (non-hydrogen) atoms. The first-order valence-corrected chi connectivity index (χ1v) is 14.5. The zero-order valence-electron chi connectivity index (χ0n) is 21.6. The molecule has 7 aromatic carbocycles. The average molecular weight is 526 g/mol. The number of rotatable bonds is 2. The van der Waals surface area contributed by atoms with Crippen LogP contribution in [-0.2, 0) is 0 Å². The van der Waals surface area contributed by atoms with E-state index in [1.165, 1.54) is 81.1 Å². The third-order valence-corrected chi connectivity index (χ3v) is 9.51. The van der Waals surface area contributed by atoms with Gasteiger partial charge < -0.3 is 4.57 Å². The predicted molar refractivity (Wildman–Crippen MR) is 171 cm³/mol. The Hall–Kier alpha value is -4.79. The van der Waals surface area contributed by atoms with E-state index in [1.54, 1.807) is 0 Å². The van der Waals surface area contributed by atoms with Gasteiger partial charge in [0.1, 0.15) is 0 Å². The van der Waals surface area contributed by atoms with Crippen molar-refractivity contribution in [1.29, 1.82) is 0 Å². The number of nitrogens with zero attached hydrogens (tertiary/aromatic N) is 1. The van der Waals surface area contributed by atoms with E-state index in [0.29, 0.717) is 0 Å². The monoisotopic (exact) mass is 525 g/mol. The van der Waals surface area contributed by atoms with Gasteiger partial charge in [0.05, 0.1) is 11.0 Å². The van der Waals surface area contributed by atoms with Crippen molar-refractivity contribution < 1.29 is 0 Å². The molecule has 2 heteroatoms. The number of para-hydroxylation sites is 2. The first-order chi connectivity index (χ1) is 19.8. The minimum absolute atomic E-state index is 1.19. The van der Waals surface area contributed by atoms with Crippen LogP contribution in [0.25, 0.3) is 71.3 Å². The van der Waals surface area contributed by atoms with Gasteiger partial charge in [-0.3, -0.25) is 0 Å². The number of fused-ring (bicyclic) bond motifs is 6. The van der Waals surface area contributed by atoms with Crippen molar-refractivity contribution in [2.24, 2.45) is 0 Å². The molecule has 1 aliphatic rings. The Morgan fingerprint density at radius 3 is 2.08 bits per heavy atom. The summed E-state index contributed by atoms with van der Waals surface area (Å²) < 4.78 is 2.40. The molecular formula is C38H23NS.